The molecule has 0 bridgehead atoms. The van der Waals surface area contributed by atoms with Crippen LogP contribution in [0.1, 0.15) is 16.6 Å². The van der Waals surface area contributed by atoms with Gasteiger partial charge in [0, 0.05) is 0 Å². The Hall–Kier alpha value is -1.62. The molecule has 1 aromatic rings. The lowest BCUT2D eigenvalue weighted by Gasteiger charge is -2.09. The van der Waals surface area contributed by atoms with Crippen molar-refractivity contribution >= 4 is 10.1 Å². The number of ether oxygens (including phenoxy) is 1. The summed E-state index contributed by atoms with van der Waals surface area (Å²) in [6.45, 7) is 0. The van der Waals surface area contributed by atoms with Crippen molar-refractivity contribution in [2.45, 2.75) is 5.44 Å². The summed E-state index contributed by atoms with van der Waals surface area (Å²) < 4.78 is 34.8. The molecule has 86 valence electrons. The molecular formula is C9H9NO5S. The number of aliphatic hydroxyl groups is 1. The first kappa shape index (κ1) is 12.4. The topological polar surface area (TPSA) is 108 Å². The van der Waals surface area contributed by atoms with E-state index in [0.717, 1.165) is 6.07 Å². The molecule has 1 rings (SSSR count). The monoisotopic (exact) mass is 243 g/mol. The van der Waals surface area contributed by atoms with Crippen molar-refractivity contribution in [1.29, 1.82) is 5.26 Å². The third-order valence-corrected chi connectivity index (χ3v) is 2.75. The van der Waals surface area contributed by atoms with Gasteiger partial charge in [-0.2, -0.15) is 13.7 Å². The fourth-order valence-electron chi connectivity index (χ4n) is 1.14. The van der Waals surface area contributed by atoms with E-state index in [9.17, 15) is 13.5 Å². The van der Waals surface area contributed by atoms with E-state index in [1.807, 2.05) is 0 Å². The molecule has 2 N–H and O–H groups in total. The highest BCUT2D eigenvalue weighted by molar-refractivity contribution is 7.85. The molecule has 0 aliphatic carbocycles. The average Bonchev–Trinajstić information content (AvgIpc) is 2.25. The zero-order chi connectivity index (χ0) is 12.3. The SMILES string of the molecule is COc1ccc(C(O)S(=O)(=O)O)cc1C#N. The summed E-state index contributed by atoms with van der Waals surface area (Å²) in [5.74, 6) is 0.258. The molecule has 0 saturated heterocycles. The maximum absolute atomic E-state index is 10.7. The van der Waals surface area contributed by atoms with Gasteiger partial charge in [0.25, 0.3) is 10.1 Å². The van der Waals surface area contributed by atoms with Crippen molar-refractivity contribution in [2.75, 3.05) is 7.11 Å². The fourth-order valence-corrected chi connectivity index (χ4v) is 1.63. The van der Waals surface area contributed by atoms with Gasteiger partial charge in [-0.05, 0) is 17.7 Å². The highest BCUT2D eigenvalue weighted by Crippen LogP contribution is 2.24. The van der Waals surface area contributed by atoms with Crippen LogP contribution in [0.3, 0.4) is 0 Å². The van der Waals surface area contributed by atoms with Gasteiger partial charge in [0.15, 0.2) is 0 Å². The van der Waals surface area contributed by atoms with Crippen LogP contribution in [-0.2, 0) is 10.1 Å². The van der Waals surface area contributed by atoms with Crippen LogP contribution in [0.15, 0.2) is 18.2 Å². The largest absolute Gasteiger partial charge is 0.495 e. The minimum absolute atomic E-state index is 0.0719. The molecule has 1 unspecified atom stereocenters. The lowest BCUT2D eigenvalue weighted by atomic mass is 10.1. The fraction of sp³-hybridized carbons (Fsp3) is 0.222. The molecule has 1 aromatic carbocycles. The third-order valence-electron chi connectivity index (χ3n) is 1.91. The second kappa shape index (κ2) is 4.49. The maximum Gasteiger partial charge on any atom is 0.296 e. The molecule has 7 heteroatoms. The van der Waals surface area contributed by atoms with Crippen LogP contribution in [0.25, 0.3) is 0 Å². The maximum atomic E-state index is 10.7. The van der Waals surface area contributed by atoms with Crippen molar-refractivity contribution in [3.8, 4) is 11.8 Å². The van der Waals surface area contributed by atoms with Gasteiger partial charge >= 0.3 is 0 Å². The highest BCUT2D eigenvalue weighted by atomic mass is 32.2. The zero-order valence-electron chi connectivity index (χ0n) is 8.28. The third kappa shape index (κ3) is 2.49. The molecular weight excluding hydrogens is 234 g/mol. The average molecular weight is 243 g/mol. The molecule has 0 heterocycles. The molecule has 0 amide bonds. The van der Waals surface area contributed by atoms with Crippen LogP contribution in [0.2, 0.25) is 0 Å². The Morgan fingerprint density at radius 1 is 1.50 bits per heavy atom. The van der Waals surface area contributed by atoms with E-state index in [1.165, 1.54) is 19.2 Å². The summed E-state index contributed by atoms with van der Waals surface area (Å²) in [5.41, 5.74) is -2.09. The summed E-state index contributed by atoms with van der Waals surface area (Å²) in [6, 6.07) is 5.50. The van der Waals surface area contributed by atoms with Crippen molar-refractivity contribution in [1.82, 2.24) is 0 Å². The van der Waals surface area contributed by atoms with Gasteiger partial charge in [0.1, 0.15) is 11.8 Å². The lowest BCUT2D eigenvalue weighted by molar-refractivity contribution is 0.238. The highest BCUT2D eigenvalue weighted by Gasteiger charge is 2.22. The van der Waals surface area contributed by atoms with Crippen LogP contribution in [0.5, 0.6) is 5.75 Å². The first-order valence-corrected chi connectivity index (χ1v) is 5.63. The predicted octanol–water partition coefficient (Wildman–Crippen LogP) is 0.446. The smallest absolute Gasteiger partial charge is 0.296 e. The minimum Gasteiger partial charge on any atom is -0.495 e. The van der Waals surface area contributed by atoms with Crippen LogP contribution >= 0.6 is 0 Å². The van der Waals surface area contributed by atoms with Gasteiger partial charge in [-0.3, -0.25) is 4.55 Å². The Kier molecular flexibility index (Phi) is 3.49. The van der Waals surface area contributed by atoms with Gasteiger partial charge in [-0.25, -0.2) is 0 Å². The number of hydrogen-bond donors (Lipinski definition) is 2. The summed E-state index contributed by atoms with van der Waals surface area (Å²) >= 11 is 0. The zero-order valence-corrected chi connectivity index (χ0v) is 9.10. The van der Waals surface area contributed by atoms with Crippen LogP contribution < -0.4 is 4.74 Å². The number of methoxy groups -OCH3 is 1. The van der Waals surface area contributed by atoms with Crippen molar-refractivity contribution in [3.63, 3.8) is 0 Å². The van der Waals surface area contributed by atoms with E-state index < -0.39 is 15.6 Å². The van der Waals surface area contributed by atoms with Crippen LogP contribution in [0, 0.1) is 11.3 Å². The molecule has 0 radical (unpaired) electrons. The van der Waals surface area contributed by atoms with Crippen molar-refractivity contribution < 1.29 is 22.8 Å². The second-order valence-corrected chi connectivity index (χ2v) is 4.42. The van der Waals surface area contributed by atoms with Gasteiger partial charge in [-0.15, -0.1) is 0 Å². The molecule has 16 heavy (non-hydrogen) atoms. The summed E-state index contributed by atoms with van der Waals surface area (Å²) in [4.78, 5) is 0. The summed E-state index contributed by atoms with van der Waals surface area (Å²) in [7, 11) is -3.24. The Bertz CT molecular complexity index is 531. The summed E-state index contributed by atoms with van der Waals surface area (Å²) in [6.07, 6.45) is 0. The Morgan fingerprint density at radius 3 is 2.56 bits per heavy atom. The van der Waals surface area contributed by atoms with E-state index in [0.29, 0.717) is 0 Å². The first-order chi connectivity index (χ1) is 7.40. The van der Waals surface area contributed by atoms with Gasteiger partial charge in [0.05, 0.1) is 12.7 Å². The van der Waals surface area contributed by atoms with Crippen LogP contribution in [-0.4, -0.2) is 25.2 Å². The number of nitriles is 1. The number of nitrogens with zero attached hydrogens (tertiary/aromatic N) is 1. The minimum atomic E-state index is -4.60. The lowest BCUT2D eigenvalue weighted by Crippen LogP contribution is -2.11. The van der Waals surface area contributed by atoms with E-state index in [-0.39, 0.29) is 16.9 Å². The number of hydrogen-bond acceptors (Lipinski definition) is 5. The molecule has 6 nitrogen and oxygen atoms in total. The molecule has 0 fully saturated rings. The number of rotatable bonds is 3. The molecule has 0 aliphatic rings. The van der Waals surface area contributed by atoms with E-state index >= 15 is 0 Å². The quantitative estimate of drug-likeness (QED) is 0.746. The molecule has 0 aromatic heterocycles. The van der Waals surface area contributed by atoms with E-state index in [2.05, 4.69) is 0 Å². The van der Waals surface area contributed by atoms with E-state index in [1.54, 1.807) is 6.07 Å². The van der Waals surface area contributed by atoms with Gasteiger partial charge in [-0.1, -0.05) is 6.07 Å². The standard InChI is InChI=1S/C9H9NO5S/c1-15-8-3-2-6(4-7(8)5-10)9(11)16(12,13)14/h2-4,9,11H,1H3,(H,12,13,14). The van der Waals surface area contributed by atoms with Crippen molar-refractivity contribution in [2.24, 2.45) is 0 Å². The Balaban J connectivity index is 3.25. The van der Waals surface area contributed by atoms with Crippen LogP contribution in [0.4, 0.5) is 0 Å². The summed E-state index contributed by atoms with van der Waals surface area (Å²) in [5, 5.41) is 18.0. The van der Waals surface area contributed by atoms with Crippen molar-refractivity contribution in [3.05, 3.63) is 29.3 Å². The van der Waals surface area contributed by atoms with E-state index in [4.69, 9.17) is 14.6 Å². The number of benzene rings is 1. The molecule has 0 spiro atoms. The van der Waals surface area contributed by atoms with Gasteiger partial charge in [0.2, 0.25) is 5.44 Å². The predicted molar refractivity (Wildman–Crippen MR) is 54.2 cm³/mol. The van der Waals surface area contributed by atoms with Gasteiger partial charge < -0.3 is 9.84 Å². The normalized spacial score (nSPS) is 12.9. The Morgan fingerprint density at radius 2 is 2.12 bits per heavy atom. The Labute approximate surface area is 92.5 Å². The second-order valence-electron chi connectivity index (χ2n) is 2.94. The molecule has 0 aliphatic heterocycles. The molecule has 0 saturated carbocycles. The first-order valence-electron chi connectivity index (χ1n) is 4.12. The molecule has 1 atom stereocenters. The number of aliphatic hydroxyl groups excluding tert-OH is 1.